The standard InChI is InChI=1S/C18H18F3N3O4S/c1-9(25)14-6-4-11-15(29(27,28)23-14)8-24(2)16(11)18(26)22-10-3-5-13(19)12(7-10)17(20)21/h3-9,14,17,23,25H,1-2H3,(H,22,26)/t9?,14-/m1/s1. The number of nitrogens with zero attached hydrogens (tertiary/aromatic N) is 1. The van der Waals surface area contributed by atoms with Crippen LogP contribution in [0.25, 0.3) is 6.08 Å². The van der Waals surface area contributed by atoms with Crippen LogP contribution in [0.4, 0.5) is 18.9 Å². The van der Waals surface area contributed by atoms with Gasteiger partial charge in [-0.3, -0.25) is 4.79 Å². The van der Waals surface area contributed by atoms with Crippen molar-refractivity contribution >= 4 is 27.7 Å². The highest BCUT2D eigenvalue weighted by Crippen LogP contribution is 2.29. The molecule has 156 valence electrons. The van der Waals surface area contributed by atoms with Crippen LogP contribution < -0.4 is 10.0 Å². The van der Waals surface area contributed by atoms with Gasteiger partial charge in [0, 0.05) is 24.5 Å². The zero-order valence-electron chi connectivity index (χ0n) is 15.4. The molecular formula is C18H18F3N3O4S. The highest BCUT2D eigenvalue weighted by Gasteiger charge is 2.31. The number of halogens is 3. The Labute approximate surface area is 164 Å². The summed E-state index contributed by atoms with van der Waals surface area (Å²) in [5.74, 6) is -1.87. The number of carbonyl (C=O) groups is 1. The maximum Gasteiger partial charge on any atom is 0.272 e. The number of sulfonamides is 1. The molecule has 1 amide bonds. The predicted molar refractivity (Wildman–Crippen MR) is 99.5 cm³/mol. The number of hydrogen-bond donors (Lipinski definition) is 3. The second-order valence-corrected chi connectivity index (χ2v) is 8.29. The zero-order valence-corrected chi connectivity index (χ0v) is 16.2. The maximum atomic E-state index is 13.5. The fraction of sp³-hybridized carbons (Fsp3) is 0.278. The lowest BCUT2D eigenvalue weighted by molar-refractivity contribution is 0.101. The van der Waals surface area contributed by atoms with E-state index in [4.69, 9.17) is 0 Å². The molecule has 0 saturated heterocycles. The quantitative estimate of drug-likeness (QED) is 0.695. The summed E-state index contributed by atoms with van der Waals surface area (Å²) in [6.45, 7) is 1.41. The number of aryl methyl sites for hydroxylation is 1. The number of amides is 1. The SMILES string of the molecule is CC(O)[C@H]1C=Cc2c(cn(C)c2C(=O)Nc2ccc(F)c(C(F)F)c2)S(=O)(=O)N1. The highest BCUT2D eigenvalue weighted by molar-refractivity contribution is 7.89. The van der Waals surface area contributed by atoms with E-state index in [9.17, 15) is 31.5 Å². The van der Waals surface area contributed by atoms with Crippen LogP contribution in [-0.4, -0.2) is 36.1 Å². The molecule has 0 fully saturated rings. The van der Waals surface area contributed by atoms with Crippen LogP contribution in [0.3, 0.4) is 0 Å². The van der Waals surface area contributed by atoms with Crippen LogP contribution in [0, 0.1) is 5.82 Å². The first kappa shape index (κ1) is 21.1. The van der Waals surface area contributed by atoms with E-state index >= 15 is 0 Å². The van der Waals surface area contributed by atoms with Crippen molar-refractivity contribution in [1.82, 2.24) is 9.29 Å². The number of aromatic nitrogens is 1. The van der Waals surface area contributed by atoms with Gasteiger partial charge in [0.05, 0.1) is 17.7 Å². The first-order chi connectivity index (χ1) is 13.5. The van der Waals surface area contributed by atoms with Crippen molar-refractivity contribution in [3.05, 3.63) is 53.1 Å². The number of carbonyl (C=O) groups excluding carboxylic acids is 1. The van der Waals surface area contributed by atoms with Gasteiger partial charge in [0.1, 0.15) is 16.4 Å². The average molecular weight is 429 g/mol. The Kier molecular flexibility index (Phi) is 5.57. The lowest BCUT2D eigenvalue weighted by atomic mass is 10.1. The van der Waals surface area contributed by atoms with E-state index in [-0.39, 0.29) is 21.8 Å². The normalized spacial score (nSPS) is 18.9. The molecule has 2 aromatic rings. The number of aliphatic hydroxyl groups is 1. The molecule has 0 aliphatic carbocycles. The molecular weight excluding hydrogens is 411 g/mol. The molecule has 1 unspecified atom stereocenters. The molecule has 0 saturated carbocycles. The fourth-order valence-corrected chi connectivity index (χ4v) is 4.51. The molecule has 1 aliphatic heterocycles. The van der Waals surface area contributed by atoms with Crippen LogP contribution in [-0.2, 0) is 17.1 Å². The summed E-state index contributed by atoms with van der Waals surface area (Å²) in [6, 6.07) is 1.86. The second kappa shape index (κ2) is 7.65. The molecule has 0 radical (unpaired) electrons. The number of alkyl halides is 2. The number of fused-ring (bicyclic) bond motifs is 1. The van der Waals surface area contributed by atoms with Crippen molar-refractivity contribution in [2.24, 2.45) is 7.05 Å². The number of hydrogen-bond acceptors (Lipinski definition) is 4. The van der Waals surface area contributed by atoms with E-state index in [1.165, 1.54) is 36.9 Å². The number of benzene rings is 1. The van der Waals surface area contributed by atoms with Gasteiger partial charge >= 0.3 is 0 Å². The number of aliphatic hydroxyl groups excluding tert-OH is 1. The third kappa shape index (κ3) is 4.07. The van der Waals surface area contributed by atoms with Crippen molar-refractivity contribution in [2.45, 2.75) is 30.4 Å². The average Bonchev–Trinajstić information content (AvgIpc) is 2.90. The molecule has 1 aliphatic rings. The second-order valence-electron chi connectivity index (χ2n) is 6.60. The van der Waals surface area contributed by atoms with Crippen LogP contribution in [0.15, 0.2) is 35.4 Å². The minimum atomic E-state index is -4.03. The zero-order chi connectivity index (χ0) is 21.5. The van der Waals surface area contributed by atoms with Gasteiger partial charge in [0.15, 0.2) is 0 Å². The molecule has 2 heterocycles. The van der Waals surface area contributed by atoms with Crippen LogP contribution >= 0.6 is 0 Å². The molecule has 1 aromatic heterocycles. The predicted octanol–water partition coefficient (Wildman–Crippen LogP) is 2.41. The summed E-state index contributed by atoms with van der Waals surface area (Å²) >= 11 is 0. The van der Waals surface area contributed by atoms with Gasteiger partial charge in [-0.2, -0.15) is 0 Å². The van der Waals surface area contributed by atoms with E-state index in [0.29, 0.717) is 0 Å². The summed E-state index contributed by atoms with van der Waals surface area (Å²) in [5, 5.41) is 12.1. The molecule has 1 aromatic carbocycles. The Bertz CT molecular complexity index is 1090. The third-order valence-corrected chi connectivity index (χ3v) is 5.95. The van der Waals surface area contributed by atoms with Crippen molar-refractivity contribution < 1.29 is 31.5 Å². The van der Waals surface area contributed by atoms with Crippen molar-refractivity contribution in [2.75, 3.05) is 5.32 Å². The van der Waals surface area contributed by atoms with E-state index in [2.05, 4.69) is 10.0 Å². The first-order valence-electron chi connectivity index (χ1n) is 8.48. The van der Waals surface area contributed by atoms with Crippen LogP contribution in [0.2, 0.25) is 0 Å². The Morgan fingerprint density at radius 1 is 1.34 bits per heavy atom. The lowest BCUT2D eigenvalue weighted by Crippen LogP contribution is -2.39. The van der Waals surface area contributed by atoms with Gasteiger partial charge in [-0.05, 0) is 25.1 Å². The topological polar surface area (TPSA) is 100 Å². The molecule has 3 rings (SSSR count). The van der Waals surface area contributed by atoms with Crippen LogP contribution in [0.5, 0.6) is 0 Å². The summed E-state index contributed by atoms with van der Waals surface area (Å²) in [6.07, 6.45) is -0.0272. The number of rotatable bonds is 4. The number of anilines is 1. The van der Waals surface area contributed by atoms with Crippen molar-refractivity contribution in [3.63, 3.8) is 0 Å². The van der Waals surface area contributed by atoms with Crippen LogP contribution in [0.1, 0.15) is 35.0 Å². The molecule has 11 heteroatoms. The lowest BCUT2D eigenvalue weighted by Gasteiger charge is -2.15. The molecule has 7 nitrogen and oxygen atoms in total. The van der Waals surface area contributed by atoms with E-state index < -0.39 is 45.9 Å². The minimum absolute atomic E-state index is 0.0456. The van der Waals surface area contributed by atoms with E-state index in [1.807, 2.05) is 0 Å². The van der Waals surface area contributed by atoms with Gasteiger partial charge in [0.2, 0.25) is 10.0 Å². The van der Waals surface area contributed by atoms with Gasteiger partial charge in [-0.1, -0.05) is 12.2 Å². The third-order valence-electron chi connectivity index (χ3n) is 4.46. The molecule has 0 spiro atoms. The number of nitrogens with one attached hydrogen (secondary N) is 2. The maximum absolute atomic E-state index is 13.5. The smallest absolute Gasteiger partial charge is 0.272 e. The molecule has 2 atom stereocenters. The largest absolute Gasteiger partial charge is 0.391 e. The summed E-state index contributed by atoms with van der Waals surface area (Å²) in [5.41, 5.74) is -0.894. The Hall–Kier alpha value is -2.63. The Balaban J connectivity index is 2.01. The highest BCUT2D eigenvalue weighted by atomic mass is 32.2. The minimum Gasteiger partial charge on any atom is -0.391 e. The van der Waals surface area contributed by atoms with Crippen molar-refractivity contribution in [3.8, 4) is 0 Å². The van der Waals surface area contributed by atoms with Gasteiger partial charge < -0.3 is 15.0 Å². The van der Waals surface area contributed by atoms with E-state index in [1.54, 1.807) is 0 Å². The van der Waals surface area contributed by atoms with E-state index in [0.717, 1.165) is 18.2 Å². The van der Waals surface area contributed by atoms with Gasteiger partial charge in [-0.25, -0.2) is 26.3 Å². The summed E-state index contributed by atoms with van der Waals surface area (Å²) in [4.78, 5) is 12.6. The molecule has 0 bridgehead atoms. The summed E-state index contributed by atoms with van der Waals surface area (Å²) in [7, 11) is -2.57. The Morgan fingerprint density at radius 2 is 2.03 bits per heavy atom. The Morgan fingerprint density at radius 3 is 2.66 bits per heavy atom. The first-order valence-corrected chi connectivity index (χ1v) is 9.96. The fourth-order valence-electron chi connectivity index (χ4n) is 2.99. The monoisotopic (exact) mass is 429 g/mol. The summed E-state index contributed by atoms with van der Waals surface area (Å²) < 4.78 is 68.0. The van der Waals surface area contributed by atoms with Crippen molar-refractivity contribution in [1.29, 1.82) is 0 Å². The van der Waals surface area contributed by atoms with Gasteiger partial charge in [-0.15, -0.1) is 0 Å². The molecule has 29 heavy (non-hydrogen) atoms. The van der Waals surface area contributed by atoms with Gasteiger partial charge in [0.25, 0.3) is 12.3 Å². The molecule has 3 N–H and O–H groups in total.